The maximum Gasteiger partial charge on any atom is 0.451 e. The molecule has 1 unspecified atom stereocenters. The molecule has 2 aliphatic heterocycles. The summed E-state index contributed by atoms with van der Waals surface area (Å²) < 4.78 is 79.0. The predicted molar refractivity (Wildman–Crippen MR) is 130 cm³/mol. The monoisotopic (exact) mass is 544 g/mol. The van der Waals surface area contributed by atoms with Gasteiger partial charge >= 0.3 is 12.4 Å². The molecule has 13 heteroatoms. The summed E-state index contributed by atoms with van der Waals surface area (Å²) in [6.45, 7) is 2.24. The highest BCUT2D eigenvalue weighted by molar-refractivity contribution is 5.86. The molecule has 208 valence electrons. The van der Waals surface area contributed by atoms with Gasteiger partial charge in [-0.05, 0) is 62.3 Å². The maximum absolute atomic E-state index is 13.6. The molecule has 2 saturated heterocycles. The highest BCUT2D eigenvalue weighted by Gasteiger charge is 2.40. The summed E-state index contributed by atoms with van der Waals surface area (Å²) >= 11 is 0. The second-order valence-electron chi connectivity index (χ2n) is 9.65. The number of halogens is 6. The number of piperidine rings is 1. The van der Waals surface area contributed by atoms with E-state index in [2.05, 4.69) is 15.3 Å². The summed E-state index contributed by atoms with van der Waals surface area (Å²) in [5, 5.41) is 2.73. The molecule has 0 radical (unpaired) electrons. The Morgan fingerprint density at radius 3 is 2.16 bits per heavy atom. The molecule has 1 atom stereocenters. The topological polar surface area (TPSA) is 87.4 Å². The average molecular weight is 545 g/mol. The van der Waals surface area contributed by atoms with E-state index < -0.39 is 29.8 Å². The smallest absolute Gasteiger partial charge is 0.356 e. The zero-order valence-corrected chi connectivity index (χ0v) is 20.7. The second-order valence-corrected chi connectivity index (χ2v) is 9.65. The number of rotatable bonds is 8. The van der Waals surface area contributed by atoms with Crippen LogP contribution in [0.25, 0.3) is 0 Å². The number of nitrogens with zero attached hydrogens (tertiary/aromatic N) is 4. The molecule has 1 aromatic heterocycles. The lowest BCUT2D eigenvalue weighted by atomic mass is 9.93. The van der Waals surface area contributed by atoms with E-state index in [1.54, 1.807) is 0 Å². The molecule has 1 amide bonds. The Hall–Kier alpha value is -3.09. The second kappa shape index (κ2) is 11.3. The third kappa shape index (κ3) is 6.66. The van der Waals surface area contributed by atoms with Crippen LogP contribution in [0, 0.1) is 5.92 Å². The van der Waals surface area contributed by atoms with E-state index in [-0.39, 0.29) is 24.1 Å². The van der Waals surface area contributed by atoms with Gasteiger partial charge in [-0.1, -0.05) is 12.1 Å². The third-order valence-corrected chi connectivity index (χ3v) is 7.08. The van der Waals surface area contributed by atoms with Gasteiger partial charge in [-0.25, -0.2) is 9.97 Å². The van der Waals surface area contributed by atoms with Gasteiger partial charge in [-0.15, -0.1) is 0 Å². The number of benzene rings is 1. The number of carbonyl (C=O) groups excluding carboxylic acids is 1. The molecule has 3 heterocycles. The number of nitrogens with one attached hydrogen (secondary N) is 1. The molecule has 0 spiro atoms. The van der Waals surface area contributed by atoms with Crippen LogP contribution in [-0.2, 0) is 23.6 Å². The van der Waals surface area contributed by atoms with Crippen molar-refractivity contribution >= 4 is 17.5 Å². The van der Waals surface area contributed by atoms with Gasteiger partial charge in [0.05, 0.1) is 5.56 Å². The van der Waals surface area contributed by atoms with E-state index >= 15 is 0 Å². The highest BCUT2D eigenvalue weighted by Crippen LogP contribution is 2.34. The molecular formula is C25H30F6N6O. The van der Waals surface area contributed by atoms with Crippen molar-refractivity contribution in [3.8, 4) is 0 Å². The van der Waals surface area contributed by atoms with Crippen molar-refractivity contribution in [2.75, 3.05) is 42.5 Å². The Kier molecular flexibility index (Phi) is 8.34. The van der Waals surface area contributed by atoms with Gasteiger partial charge < -0.3 is 20.9 Å². The minimum Gasteiger partial charge on any atom is -0.356 e. The Labute approximate surface area is 216 Å². The number of carbonyl (C=O) groups is 1. The molecule has 0 aliphatic carbocycles. The van der Waals surface area contributed by atoms with Crippen molar-refractivity contribution in [3.63, 3.8) is 0 Å². The van der Waals surface area contributed by atoms with E-state index in [0.717, 1.165) is 31.4 Å². The van der Waals surface area contributed by atoms with E-state index in [4.69, 9.17) is 5.73 Å². The summed E-state index contributed by atoms with van der Waals surface area (Å²) in [7, 11) is 0. The average Bonchev–Trinajstić information content (AvgIpc) is 2.83. The normalized spacial score (nSPS) is 18.9. The molecule has 3 N–H and O–H groups in total. The zero-order chi connectivity index (χ0) is 27.5. The van der Waals surface area contributed by atoms with Crippen LogP contribution in [0.5, 0.6) is 0 Å². The van der Waals surface area contributed by atoms with Crippen LogP contribution in [0.3, 0.4) is 0 Å². The van der Waals surface area contributed by atoms with Crippen LogP contribution in [-0.4, -0.2) is 54.6 Å². The van der Waals surface area contributed by atoms with Crippen molar-refractivity contribution in [1.82, 2.24) is 15.3 Å². The van der Waals surface area contributed by atoms with Gasteiger partial charge in [-0.3, -0.25) is 4.79 Å². The number of alkyl halides is 6. The van der Waals surface area contributed by atoms with E-state index in [1.807, 2.05) is 4.90 Å². The van der Waals surface area contributed by atoms with Crippen LogP contribution in [0.4, 0.5) is 38.0 Å². The van der Waals surface area contributed by atoms with Gasteiger partial charge in [0.1, 0.15) is 17.7 Å². The largest absolute Gasteiger partial charge is 0.451 e. The number of hydrogen-bond acceptors (Lipinski definition) is 6. The van der Waals surface area contributed by atoms with Gasteiger partial charge in [0, 0.05) is 32.2 Å². The number of nitrogens with two attached hydrogens (primary N) is 1. The first-order valence-electron chi connectivity index (χ1n) is 12.6. The molecule has 4 rings (SSSR count). The van der Waals surface area contributed by atoms with E-state index in [9.17, 15) is 31.1 Å². The van der Waals surface area contributed by atoms with Gasteiger partial charge in [0.15, 0.2) is 0 Å². The minimum absolute atomic E-state index is 0.0422. The number of aromatic nitrogens is 2. The van der Waals surface area contributed by atoms with E-state index in [1.165, 1.54) is 23.1 Å². The van der Waals surface area contributed by atoms with Crippen LogP contribution in [0.15, 0.2) is 30.3 Å². The van der Waals surface area contributed by atoms with Gasteiger partial charge in [0.2, 0.25) is 11.7 Å². The van der Waals surface area contributed by atoms with Gasteiger partial charge in [0.25, 0.3) is 0 Å². The van der Waals surface area contributed by atoms with Crippen molar-refractivity contribution in [2.24, 2.45) is 11.7 Å². The molecule has 0 saturated carbocycles. The van der Waals surface area contributed by atoms with Crippen molar-refractivity contribution in [3.05, 3.63) is 47.3 Å². The van der Waals surface area contributed by atoms with Crippen molar-refractivity contribution in [1.29, 1.82) is 0 Å². The summed E-state index contributed by atoms with van der Waals surface area (Å²) in [5.41, 5.74) is 5.50. The van der Waals surface area contributed by atoms with E-state index in [0.29, 0.717) is 50.5 Å². The molecule has 0 bridgehead atoms. The lowest BCUT2D eigenvalue weighted by Gasteiger charge is -2.41. The lowest BCUT2D eigenvalue weighted by Crippen LogP contribution is -2.57. The number of amides is 1. The molecule has 2 fully saturated rings. The Bertz CT molecular complexity index is 1100. The Balaban J connectivity index is 1.40. The first kappa shape index (κ1) is 27.9. The molecule has 2 aliphatic rings. The summed E-state index contributed by atoms with van der Waals surface area (Å²) in [4.78, 5) is 23.6. The van der Waals surface area contributed by atoms with Gasteiger partial charge in [-0.2, -0.15) is 26.3 Å². The Morgan fingerprint density at radius 2 is 1.61 bits per heavy atom. The summed E-state index contributed by atoms with van der Waals surface area (Å²) in [6, 6.07) is 5.48. The molecule has 38 heavy (non-hydrogen) atoms. The molecule has 2 aromatic rings. The number of anilines is 2. The zero-order valence-electron chi connectivity index (χ0n) is 20.7. The number of hydrogen-bond donors (Lipinski definition) is 2. The predicted octanol–water partition coefficient (Wildman–Crippen LogP) is 4.02. The minimum atomic E-state index is -4.74. The first-order chi connectivity index (χ1) is 18.0. The summed E-state index contributed by atoms with van der Waals surface area (Å²) in [5.74, 6) is -0.963. The first-order valence-corrected chi connectivity index (χ1v) is 12.6. The standard InChI is InChI=1S/C25H30F6N6O/c26-24(27,28)18-3-1-16(2-4-18)6-11-33-22(38)19-9-14-37(19)21-15-20(34-23(35-21)25(29,30)31)36-12-7-17(5-10-32)8-13-36/h1-4,15,17,19H,5-14,32H2,(H,33,38). The highest BCUT2D eigenvalue weighted by atomic mass is 19.4. The SMILES string of the molecule is NCCC1CCN(c2cc(N3CCC3C(=O)NCCc3ccc(C(F)(F)F)cc3)nc(C(F)(F)F)n2)CC1. The van der Waals surface area contributed by atoms with Crippen LogP contribution >= 0.6 is 0 Å². The molecular weight excluding hydrogens is 514 g/mol. The molecule has 1 aromatic carbocycles. The third-order valence-electron chi connectivity index (χ3n) is 7.08. The fourth-order valence-corrected chi connectivity index (χ4v) is 4.79. The Morgan fingerprint density at radius 1 is 0.947 bits per heavy atom. The fraction of sp³-hybridized carbons (Fsp3) is 0.560. The quantitative estimate of drug-likeness (QED) is 0.489. The fourth-order valence-electron chi connectivity index (χ4n) is 4.79. The molecule has 7 nitrogen and oxygen atoms in total. The van der Waals surface area contributed by atoms with Crippen LogP contribution in [0.2, 0.25) is 0 Å². The van der Waals surface area contributed by atoms with Crippen molar-refractivity contribution < 1.29 is 31.1 Å². The van der Waals surface area contributed by atoms with Crippen LogP contribution < -0.4 is 20.9 Å². The lowest BCUT2D eigenvalue weighted by molar-refractivity contribution is -0.144. The maximum atomic E-state index is 13.6. The summed E-state index contributed by atoms with van der Waals surface area (Å²) in [6.07, 6.45) is -5.91. The van der Waals surface area contributed by atoms with Crippen LogP contribution in [0.1, 0.15) is 42.6 Å². The van der Waals surface area contributed by atoms with Crippen molar-refractivity contribution in [2.45, 2.75) is 50.5 Å².